The van der Waals surface area contributed by atoms with Crippen molar-refractivity contribution in [2.24, 2.45) is 28.7 Å². The minimum atomic E-state index is -0.734. The molecule has 0 saturated carbocycles. The molecule has 15 nitrogen and oxygen atoms in total. The molecule has 4 amide bonds. The van der Waals surface area contributed by atoms with Crippen LogP contribution in [-0.4, -0.2) is 109 Å². The number of likely N-dealkylation sites (tertiary alicyclic amines) is 2. The predicted octanol–water partition coefficient (Wildman–Crippen LogP) is 6.95. The van der Waals surface area contributed by atoms with Gasteiger partial charge < -0.3 is 44.4 Å². The molecule has 3 N–H and O–H groups in total. The lowest BCUT2D eigenvalue weighted by Crippen LogP contribution is -2.53. The van der Waals surface area contributed by atoms with Crippen molar-refractivity contribution in [1.29, 1.82) is 0 Å². The Bertz CT molecular complexity index is 2430. The molecule has 15 heteroatoms. The largest absolute Gasteiger partial charge is 0.488 e. The summed E-state index contributed by atoms with van der Waals surface area (Å²) in [6.07, 6.45) is 2.62. The minimum absolute atomic E-state index is 0.127. The second-order valence-corrected chi connectivity index (χ2v) is 17.9. The average molecular weight is 848 g/mol. The third-order valence-corrected chi connectivity index (χ3v) is 12.9. The van der Waals surface area contributed by atoms with Gasteiger partial charge in [0.15, 0.2) is 0 Å². The number of imidazole rings is 1. The normalized spacial score (nSPS) is 21.2. The lowest BCUT2D eigenvalue weighted by molar-refractivity contribution is -0.136. The summed E-state index contributed by atoms with van der Waals surface area (Å²) < 4.78 is 21.7. The molecule has 5 heterocycles. The van der Waals surface area contributed by atoms with Crippen molar-refractivity contribution in [3.05, 3.63) is 65.6 Å². The third-order valence-electron chi connectivity index (χ3n) is 12.9. The molecule has 1 aromatic heterocycles. The smallest absolute Gasteiger partial charge is 0.407 e. The van der Waals surface area contributed by atoms with Crippen molar-refractivity contribution in [1.82, 2.24) is 30.4 Å². The van der Waals surface area contributed by atoms with Crippen LogP contribution < -0.4 is 15.4 Å². The number of hydrogen-bond acceptors (Lipinski definition) is 10. The highest BCUT2D eigenvalue weighted by Crippen LogP contribution is 2.45. The van der Waals surface area contributed by atoms with E-state index in [4.69, 9.17) is 28.9 Å². The number of benzene rings is 3. The molecule has 2 fully saturated rings. The van der Waals surface area contributed by atoms with Crippen LogP contribution >= 0.6 is 0 Å². The molecule has 8 rings (SSSR count). The first-order valence-corrected chi connectivity index (χ1v) is 21.6. The molecule has 0 spiro atoms. The molecule has 3 aromatic carbocycles. The summed E-state index contributed by atoms with van der Waals surface area (Å²) in [7, 11) is 4.26. The van der Waals surface area contributed by atoms with Crippen LogP contribution in [0.1, 0.15) is 70.5 Å². The summed E-state index contributed by atoms with van der Waals surface area (Å²) >= 11 is 0. The maximum absolute atomic E-state index is 14.1. The molecular weight excluding hydrogens is 791 g/mol. The molecule has 6 atom stereocenters. The van der Waals surface area contributed by atoms with Crippen LogP contribution in [0.3, 0.4) is 0 Å². The number of aromatic amines is 1. The SMILES string of the molecule is COC[C@H]1C[C@@H](C2=Nc3ccc4cc5c(cc4c3C2)OCc2cc(-c3cnc([C@@H]4C[C@H](C)CN4C(=O)[C@@H](NC(=O)OC)C(C)C)[nH]3)ccc2-5)N(C(=O)[C@@H](NC(=O)OC)C(C)C)C1. The number of H-pyrrole nitrogens is 1. The quantitative estimate of drug-likeness (QED) is 0.144. The van der Waals surface area contributed by atoms with E-state index in [0.717, 1.165) is 74.3 Å². The number of carbonyl (C=O) groups excluding carboxylic acids is 4. The molecule has 4 aliphatic rings. The molecule has 0 bridgehead atoms. The first kappa shape index (κ1) is 42.7. The van der Waals surface area contributed by atoms with Gasteiger partial charge in [-0.25, -0.2) is 14.6 Å². The van der Waals surface area contributed by atoms with E-state index in [2.05, 4.69) is 65.0 Å². The van der Waals surface area contributed by atoms with E-state index in [0.29, 0.717) is 38.5 Å². The van der Waals surface area contributed by atoms with Gasteiger partial charge in [-0.15, -0.1) is 0 Å². The van der Waals surface area contributed by atoms with Gasteiger partial charge >= 0.3 is 12.2 Å². The fourth-order valence-electron chi connectivity index (χ4n) is 9.69. The fraction of sp³-hybridized carbons (Fsp3) is 0.489. The minimum Gasteiger partial charge on any atom is -0.488 e. The number of aromatic nitrogens is 2. The molecule has 0 aliphatic carbocycles. The van der Waals surface area contributed by atoms with E-state index in [-0.39, 0.29) is 47.6 Å². The number of ether oxygens (including phenoxy) is 4. The number of hydrogen-bond donors (Lipinski definition) is 3. The number of carbonyl (C=O) groups is 4. The molecule has 0 radical (unpaired) electrons. The monoisotopic (exact) mass is 847 g/mol. The Balaban J connectivity index is 1.02. The van der Waals surface area contributed by atoms with E-state index >= 15 is 0 Å². The number of rotatable bonds is 11. The van der Waals surface area contributed by atoms with E-state index in [1.54, 1.807) is 7.11 Å². The standard InChI is InChI=1S/C47H57N7O8/c1-24(2)41(51-46(57)60-7)44(55)53-20-26(5)13-39(53)43-48-19-37(50-43)29-9-11-31-30(15-29)23-62-40-18-32-28(16-34(31)40)10-12-35-33(32)17-36(49-35)38-14-27(22-59-6)21-54(38)45(56)42(25(3)4)52-47(58)61-8/h9-12,15-16,18-19,24-27,38-39,41-42H,13-14,17,20-23H2,1-8H3,(H,48,50)(H,51,57)(H,52,58)/t26-,27-,38-,39-,41-,42-/m0/s1. The summed E-state index contributed by atoms with van der Waals surface area (Å²) in [5.74, 6) is 1.34. The maximum atomic E-state index is 14.1. The number of amides is 4. The van der Waals surface area contributed by atoms with E-state index in [1.165, 1.54) is 14.2 Å². The van der Waals surface area contributed by atoms with Crippen LogP contribution in [0.15, 0.2) is 53.7 Å². The Morgan fingerprint density at radius 1 is 0.855 bits per heavy atom. The topological polar surface area (TPSA) is 177 Å². The second-order valence-electron chi connectivity index (χ2n) is 17.9. The van der Waals surface area contributed by atoms with Gasteiger partial charge in [0.2, 0.25) is 11.8 Å². The Hall–Kier alpha value is -5.96. The lowest BCUT2D eigenvalue weighted by Gasteiger charge is -2.31. The van der Waals surface area contributed by atoms with Gasteiger partial charge in [0, 0.05) is 43.8 Å². The summed E-state index contributed by atoms with van der Waals surface area (Å²) in [5, 5.41) is 7.61. The molecule has 4 aliphatic heterocycles. The second kappa shape index (κ2) is 17.4. The van der Waals surface area contributed by atoms with Crippen molar-refractivity contribution in [3.8, 4) is 28.1 Å². The van der Waals surface area contributed by atoms with Gasteiger partial charge in [-0.05, 0) is 87.9 Å². The van der Waals surface area contributed by atoms with Crippen LogP contribution in [0.25, 0.3) is 33.2 Å². The first-order valence-electron chi connectivity index (χ1n) is 21.6. The highest BCUT2D eigenvalue weighted by Gasteiger charge is 2.43. The van der Waals surface area contributed by atoms with Gasteiger partial charge in [-0.3, -0.25) is 14.6 Å². The fourth-order valence-corrected chi connectivity index (χ4v) is 9.69. The van der Waals surface area contributed by atoms with Crippen molar-refractivity contribution >= 4 is 46.2 Å². The van der Waals surface area contributed by atoms with Crippen molar-refractivity contribution in [3.63, 3.8) is 0 Å². The van der Waals surface area contributed by atoms with E-state index < -0.39 is 24.3 Å². The van der Waals surface area contributed by atoms with Gasteiger partial charge in [-0.1, -0.05) is 52.8 Å². The summed E-state index contributed by atoms with van der Waals surface area (Å²) in [6, 6.07) is 12.9. The first-order chi connectivity index (χ1) is 29.8. The number of aliphatic imine (C=N–C) groups is 1. The van der Waals surface area contributed by atoms with Crippen molar-refractivity contribution < 1.29 is 38.1 Å². The molecule has 328 valence electrons. The Kier molecular flexibility index (Phi) is 12.0. The zero-order valence-electron chi connectivity index (χ0n) is 36.7. The van der Waals surface area contributed by atoms with Crippen molar-refractivity contribution in [2.75, 3.05) is 41.0 Å². The molecule has 4 aromatic rings. The predicted molar refractivity (Wildman–Crippen MR) is 234 cm³/mol. The Morgan fingerprint density at radius 3 is 2.21 bits per heavy atom. The zero-order valence-corrected chi connectivity index (χ0v) is 36.7. The van der Waals surface area contributed by atoms with Crippen LogP contribution in [0.4, 0.5) is 15.3 Å². The van der Waals surface area contributed by atoms with Crippen LogP contribution in [-0.2, 0) is 36.8 Å². The highest BCUT2D eigenvalue weighted by molar-refractivity contribution is 6.06. The highest BCUT2D eigenvalue weighted by atomic mass is 16.5. The average Bonchev–Trinajstić information content (AvgIpc) is 4.09. The zero-order chi connectivity index (χ0) is 44.0. The summed E-state index contributed by atoms with van der Waals surface area (Å²) in [5.41, 5.74) is 7.88. The number of nitrogens with zero attached hydrogens (tertiary/aromatic N) is 4. The number of methoxy groups -OCH3 is 3. The number of alkyl carbamates (subject to hydrolysis) is 2. The molecule has 62 heavy (non-hydrogen) atoms. The van der Waals surface area contributed by atoms with Gasteiger partial charge in [-0.2, -0.15) is 0 Å². The summed E-state index contributed by atoms with van der Waals surface area (Å²) in [6.45, 7) is 11.7. The lowest BCUT2D eigenvalue weighted by atomic mass is 9.90. The number of nitrogens with one attached hydrogen (secondary N) is 3. The Labute approximate surface area is 361 Å². The van der Waals surface area contributed by atoms with Gasteiger partial charge in [0.05, 0.1) is 50.5 Å². The third kappa shape index (κ3) is 8.10. The van der Waals surface area contributed by atoms with Gasteiger partial charge in [0.25, 0.3) is 0 Å². The maximum Gasteiger partial charge on any atom is 0.407 e. The van der Waals surface area contributed by atoms with Gasteiger partial charge in [0.1, 0.15) is 30.3 Å². The van der Waals surface area contributed by atoms with Crippen LogP contribution in [0.5, 0.6) is 5.75 Å². The van der Waals surface area contributed by atoms with Crippen molar-refractivity contribution in [2.45, 2.75) is 84.7 Å². The van der Waals surface area contributed by atoms with E-state index in [9.17, 15) is 19.2 Å². The molecular formula is C47H57N7O8. The van der Waals surface area contributed by atoms with Crippen LogP contribution in [0, 0.1) is 23.7 Å². The molecule has 0 unspecified atom stereocenters. The summed E-state index contributed by atoms with van der Waals surface area (Å²) in [4.78, 5) is 69.3. The Morgan fingerprint density at radius 2 is 1.55 bits per heavy atom. The van der Waals surface area contributed by atoms with E-state index in [1.807, 2.05) is 43.7 Å². The van der Waals surface area contributed by atoms with Crippen LogP contribution in [0.2, 0.25) is 0 Å². The molecule has 2 saturated heterocycles. The number of fused-ring (bicyclic) bond motifs is 6.